The molecule has 90 heavy (non-hydrogen) atoms. The second-order valence-electron chi connectivity index (χ2n) is 25.5. The second kappa shape index (κ2) is 30.3. The van der Waals surface area contributed by atoms with E-state index in [0.717, 1.165) is 32.3 Å². The Kier molecular flexibility index (Phi) is 23.2. The van der Waals surface area contributed by atoms with Crippen molar-refractivity contribution in [1.29, 1.82) is 10.5 Å². The molecule has 2 aliphatic carbocycles. The van der Waals surface area contributed by atoms with Crippen LogP contribution in [0.1, 0.15) is 103 Å². The Morgan fingerprint density at radius 3 is 1.23 bits per heavy atom. The first-order chi connectivity index (χ1) is 42.9. The van der Waals surface area contributed by atoms with Crippen LogP contribution in [0.4, 0.5) is 0 Å². The molecule has 6 atom stereocenters. The van der Waals surface area contributed by atoms with Crippen molar-refractivity contribution in [2.24, 2.45) is 21.7 Å². The molecule has 2 unspecified atom stereocenters. The van der Waals surface area contributed by atoms with Gasteiger partial charge in [-0.15, -0.1) is 22.7 Å². The van der Waals surface area contributed by atoms with Crippen LogP contribution in [0.3, 0.4) is 0 Å². The number of hydrogen-bond donors (Lipinski definition) is 6. The zero-order valence-corrected chi connectivity index (χ0v) is 54.2. The maximum atomic E-state index is 14.1. The fourth-order valence-electron chi connectivity index (χ4n) is 10.7. The number of aryl methyl sites for hydroxylation is 2. The Morgan fingerprint density at radius 1 is 0.589 bits per heavy atom. The van der Waals surface area contributed by atoms with Gasteiger partial charge in [0.1, 0.15) is 59.7 Å². The Labute approximate surface area is 533 Å². The van der Waals surface area contributed by atoms with E-state index in [0.29, 0.717) is 88.0 Å². The fourth-order valence-corrected chi connectivity index (χ4v) is 12.3. The largest absolute Gasteiger partial charge is 0.491 e. The smallest absolute Gasteiger partial charge is 0.246 e. The third-order valence-electron chi connectivity index (χ3n) is 16.4. The summed E-state index contributed by atoms with van der Waals surface area (Å²) in [6, 6.07) is 11.4. The number of ether oxygens (including phenoxy) is 6. The number of nitrogens with one attached hydrogen (secondary N) is 4. The summed E-state index contributed by atoms with van der Waals surface area (Å²) in [6.07, 6.45) is -0.199. The lowest BCUT2D eigenvalue weighted by atomic mass is 9.85. The molecule has 24 nitrogen and oxygen atoms in total. The summed E-state index contributed by atoms with van der Waals surface area (Å²) in [5, 5.41) is 52.1. The highest BCUT2D eigenvalue weighted by atomic mass is 32.1. The number of carbonyl (C=O) groups excluding carboxylic acids is 6. The molecule has 0 radical (unpaired) electrons. The number of rotatable bonds is 31. The molecule has 8 rings (SSSR count). The molecule has 2 saturated carbocycles. The molecule has 4 fully saturated rings. The molecular weight excluding hydrogens is 1200 g/mol. The number of likely N-dealkylation sites (tertiary alicyclic amines) is 2. The van der Waals surface area contributed by atoms with Gasteiger partial charge in [-0.3, -0.25) is 28.8 Å². The number of aromatic nitrogens is 2. The van der Waals surface area contributed by atoms with E-state index in [1.807, 2.05) is 50.2 Å². The first-order valence-corrected chi connectivity index (χ1v) is 32.2. The van der Waals surface area contributed by atoms with E-state index in [1.165, 1.54) is 32.5 Å². The van der Waals surface area contributed by atoms with E-state index >= 15 is 0 Å². The number of hydrogen-bond acceptors (Lipinski definition) is 20. The Morgan fingerprint density at radius 2 is 0.933 bits per heavy atom. The van der Waals surface area contributed by atoms with E-state index in [2.05, 4.69) is 43.4 Å². The number of nitrogens with zero attached hydrogens (tertiary/aromatic N) is 6. The molecular formula is C64H84N10O14S2. The highest BCUT2D eigenvalue weighted by Gasteiger charge is 2.55. The van der Waals surface area contributed by atoms with Crippen molar-refractivity contribution in [2.75, 3.05) is 79.2 Å². The van der Waals surface area contributed by atoms with Crippen LogP contribution in [0.15, 0.2) is 47.4 Å². The van der Waals surface area contributed by atoms with Gasteiger partial charge in [-0.05, 0) is 73.6 Å². The van der Waals surface area contributed by atoms with Crippen LogP contribution < -0.4 is 30.7 Å². The van der Waals surface area contributed by atoms with Gasteiger partial charge >= 0.3 is 0 Å². The highest BCUT2D eigenvalue weighted by molar-refractivity contribution is 7.13. The molecule has 26 heteroatoms. The van der Waals surface area contributed by atoms with Gasteiger partial charge in [-0.2, -0.15) is 10.5 Å². The van der Waals surface area contributed by atoms with Crippen LogP contribution in [-0.2, 0) is 60.8 Å². The number of thiazole rings is 2. The van der Waals surface area contributed by atoms with Gasteiger partial charge in [-0.1, -0.05) is 65.8 Å². The number of amides is 6. The molecule has 2 saturated heterocycles. The predicted octanol–water partition coefficient (Wildman–Crippen LogP) is 4.90. The summed E-state index contributed by atoms with van der Waals surface area (Å²) in [6.45, 7) is 17.3. The standard InChI is InChI=1S/C64H84N10O14S2/c1-39-51(89-37-69-39)41-9-11-43(31-67-55(77)47-29-45(75)33-73(47)57(79)53(61(3,4)5)71-59(81)63(35-65)13-14-63)49(27-41)87-25-23-85-21-19-83-17-18-84-20-22-86-24-26-88-50-28-42(52-40(2)70-38-90-52)10-12-44(50)32-68-56(78)48-30-46(76)34-74(48)58(80)54(62(6,7)8)72-60(82)64(36-66)15-16-64/h9-12,27-28,37-38,45-48,53-54,75-76H,13-26,29-34H2,1-8H3,(H,67,77)(H,68,78)(H,71,81)(H,72,82)/t45-,46-,47+,48+,53?,54?/m1/s1. The van der Waals surface area contributed by atoms with Gasteiger partial charge in [0.15, 0.2) is 0 Å². The molecule has 6 N–H and O–H groups in total. The zero-order chi connectivity index (χ0) is 65.0. The van der Waals surface area contributed by atoms with Crippen molar-refractivity contribution in [3.05, 3.63) is 69.9 Å². The van der Waals surface area contributed by atoms with E-state index in [9.17, 15) is 49.5 Å². The molecule has 4 aromatic rings. The third-order valence-corrected chi connectivity index (χ3v) is 18.4. The van der Waals surface area contributed by atoms with Gasteiger partial charge < -0.3 is 69.7 Å². The van der Waals surface area contributed by atoms with Crippen molar-refractivity contribution in [3.8, 4) is 44.5 Å². The lowest BCUT2D eigenvalue weighted by Crippen LogP contribution is -2.58. The predicted molar refractivity (Wildman–Crippen MR) is 332 cm³/mol. The zero-order valence-electron chi connectivity index (χ0n) is 52.5. The summed E-state index contributed by atoms with van der Waals surface area (Å²) in [7, 11) is 0. The summed E-state index contributed by atoms with van der Waals surface area (Å²) in [5.41, 5.74) is 4.57. The first kappa shape index (κ1) is 68.8. The normalized spacial score (nSPS) is 19.6. The molecule has 6 amide bonds. The van der Waals surface area contributed by atoms with Gasteiger partial charge in [-0.25, -0.2) is 9.97 Å². The van der Waals surface area contributed by atoms with Gasteiger partial charge in [0.2, 0.25) is 35.4 Å². The third kappa shape index (κ3) is 17.5. The molecule has 2 aromatic carbocycles. The van der Waals surface area contributed by atoms with Crippen molar-refractivity contribution in [1.82, 2.24) is 41.0 Å². The topological polar surface area (TPSA) is 326 Å². The SMILES string of the molecule is Cc1ncsc1-c1ccc(CNC(=O)[C@@H]2C[C@@H](O)CN2C(=O)C(NC(=O)C2(C#N)CC2)C(C)(C)C)c(OCCOCCOCCOCCOCCOc2cc(-c3scnc3C)ccc2CNC(=O)[C@@H]2C[C@@H](O)CN2C(=O)C(NC(=O)C2(C#N)CC2)C(C)(C)C)c1. The number of benzene rings is 2. The minimum absolute atomic E-state index is 0.0168. The van der Waals surface area contributed by atoms with E-state index in [-0.39, 0.29) is 65.4 Å². The van der Waals surface area contributed by atoms with E-state index in [4.69, 9.17) is 28.4 Å². The molecule has 2 aromatic heterocycles. The molecule has 2 aliphatic heterocycles. The molecule has 0 spiro atoms. The number of aliphatic hydroxyl groups is 2. The molecule has 4 aliphatic rings. The number of β-amino-alcohol motifs (C(OH)–C–C–N with tert-alkyl or cyclic N) is 2. The average Bonchev–Trinajstić information content (AvgIpc) is 1.64. The van der Waals surface area contributed by atoms with Crippen molar-refractivity contribution < 1.29 is 67.4 Å². The second-order valence-corrected chi connectivity index (χ2v) is 27.2. The van der Waals surface area contributed by atoms with Gasteiger partial charge in [0, 0.05) is 50.1 Å². The number of aliphatic hydroxyl groups excluding tert-OH is 2. The Hall–Kier alpha value is -7.14. The van der Waals surface area contributed by atoms with Crippen molar-refractivity contribution in [3.63, 3.8) is 0 Å². The maximum absolute atomic E-state index is 14.1. The van der Waals surface area contributed by atoms with Gasteiger partial charge in [0.25, 0.3) is 0 Å². The Bertz CT molecular complexity index is 3070. The minimum atomic E-state index is -1.15. The summed E-state index contributed by atoms with van der Waals surface area (Å²) >= 11 is 2.99. The fraction of sp³-hybridized carbons (Fsp3) is 0.594. The van der Waals surface area contributed by atoms with Crippen LogP contribution in [-0.4, -0.2) is 181 Å². The maximum Gasteiger partial charge on any atom is 0.246 e. The van der Waals surface area contributed by atoms with Crippen molar-refractivity contribution in [2.45, 2.75) is 143 Å². The lowest BCUT2D eigenvalue weighted by molar-refractivity contribution is -0.144. The van der Waals surface area contributed by atoms with Crippen LogP contribution >= 0.6 is 22.7 Å². The molecule has 4 heterocycles. The summed E-state index contributed by atoms with van der Waals surface area (Å²) in [4.78, 5) is 95.5. The summed E-state index contributed by atoms with van der Waals surface area (Å²) < 4.78 is 35.5. The number of nitriles is 2. The van der Waals surface area contributed by atoms with Crippen LogP contribution in [0.2, 0.25) is 0 Å². The van der Waals surface area contributed by atoms with E-state index in [1.54, 1.807) is 52.6 Å². The monoisotopic (exact) mass is 1280 g/mol. The van der Waals surface area contributed by atoms with Crippen LogP contribution in [0.25, 0.3) is 20.9 Å². The lowest BCUT2D eigenvalue weighted by Gasteiger charge is -2.35. The molecule has 0 bridgehead atoms. The van der Waals surface area contributed by atoms with Gasteiger partial charge in [0.05, 0.1) is 109 Å². The highest BCUT2D eigenvalue weighted by Crippen LogP contribution is 2.47. The summed E-state index contributed by atoms with van der Waals surface area (Å²) in [5.74, 6) is -1.93. The average molecular weight is 1280 g/mol. The number of carbonyl (C=O) groups is 6. The van der Waals surface area contributed by atoms with Crippen LogP contribution in [0.5, 0.6) is 11.5 Å². The minimum Gasteiger partial charge on any atom is -0.491 e. The molecule has 486 valence electrons. The van der Waals surface area contributed by atoms with Crippen molar-refractivity contribution >= 4 is 58.1 Å². The Balaban J connectivity index is 0.735. The first-order valence-electron chi connectivity index (χ1n) is 30.5. The van der Waals surface area contributed by atoms with Crippen LogP contribution in [0, 0.1) is 58.2 Å². The van der Waals surface area contributed by atoms with E-state index < -0.39 is 93.5 Å². The quantitative estimate of drug-likeness (QED) is 0.0365.